The van der Waals surface area contributed by atoms with Crippen molar-refractivity contribution in [2.24, 2.45) is 17.8 Å². The van der Waals surface area contributed by atoms with E-state index >= 15 is 0 Å². The van der Waals surface area contributed by atoms with Crippen LogP contribution in [0.1, 0.15) is 43.7 Å². The molecule has 1 aliphatic heterocycles. The molecule has 124 valence electrons. The van der Waals surface area contributed by atoms with Crippen LogP contribution in [0.4, 0.5) is 0 Å². The first-order chi connectivity index (χ1) is 11.2. The molecule has 4 aliphatic rings. The Morgan fingerprint density at radius 1 is 1.26 bits per heavy atom. The lowest BCUT2D eigenvalue weighted by atomic mass is 9.47. The summed E-state index contributed by atoms with van der Waals surface area (Å²) >= 11 is 0. The summed E-state index contributed by atoms with van der Waals surface area (Å²) in [6, 6.07) is 4.39. The predicted molar refractivity (Wildman–Crippen MR) is 88.2 cm³/mol. The van der Waals surface area contributed by atoms with E-state index in [1.807, 2.05) is 7.11 Å². The van der Waals surface area contributed by atoms with E-state index in [4.69, 9.17) is 14.2 Å². The van der Waals surface area contributed by atoms with Gasteiger partial charge in [-0.25, -0.2) is 0 Å². The van der Waals surface area contributed by atoms with Gasteiger partial charge in [0.2, 0.25) is 0 Å². The fourth-order valence-corrected chi connectivity index (χ4v) is 6.54. The van der Waals surface area contributed by atoms with Crippen LogP contribution in [0.25, 0.3) is 0 Å². The largest absolute Gasteiger partial charge is 0.493 e. The maximum absolute atomic E-state index is 6.62. The number of hydrogen-bond acceptors (Lipinski definition) is 3. The molecule has 2 fully saturated rings. The lowest BCUT2D eigenvalue weighted by Gasteiger charge is -2.57. The Balaban J connectivity index is 1.77. The molecule has 0 aromatic heterocycles. The van der Waals surface area contributed by atoms with Crippen LogP contribution >= 0.6 is 0 Å². The summed E-state index contributed by atoms with van der Waals surface area (Å²) in [7, 11) is 3.60. The Morgan fingerprint density at radius 3 is 2.91 bits per heavy atom. The molecule has 1 spiro atoms. The highest BCUT2D eigenvalue weighted by Crippen LogP contribution is 2.66. The maximum Gasteiger partial charge on any atom is 0.165 e. The van der Waals surface area contributed by atoms with Gasteiger partial charge < -0.3 is 14.2 Å². The molecule has 1 heterocycles. The first kappa shape index (κ1) is 14.2. The maximum atomic E-state index is 6.62. The zero-order valence-electron chi connectivity index (χ0n) is 14.3. The Morgan fingerprint density at radius 2 is 2.13 bits per heavy atom. The van der Waals surface area contributed by atoms with Crippen LogP contribution < -0.4 is 9.47 Å². The quantitative estimate of drug-likeness (QED) is 0.832. The molecule has 2 saturated carbocycles. The lowest BCUT2D eigenvalue weighted by molar-refractivity contribution is -0.126. The molecule has 3 aliphatic carbocycles. The molecule has 1 aromatic rings. The minimum absolute atomic E-state index is 0.161. The van der Waals surface area contributed by atoms with Crippen LogP contribution in [-0.4, -0.2) is 26.4 Å². The molecule has 5 rings (SSSR count). The lowest BCUT2D eigenvalue weighted by Crippen LogP contribution is -2.62. The topological polar surface area (TPSA) is 27.7 Å². The Labute approximate surface area is 138 Å². The van der Waals surface area contributed by atoms with E-state index in [0.29, 0.717) is 5.92 Å². The highest BCUT2D eigenvalue weighted by Gasteiger charge is 2.65. The van der Waals surface area contributed by atoms with Gasteiger partial charge in [0.25, 0.3) is 0 Å². The Kier molecular flexibility index (Phi) is 2.87. The molecular weight excluding hydrogens is 288 g/mol. The van der Waals surface area contributed by atoms with E-state index in [-0.39, 0.29) is 17.6 Å². The normalized spacial score (nSPS) is 42.8. The monoisotopic (exact) mass is 314 g/mol. The number of rotatable bonds is 2. The average molecular weight is 314 g/mol. The number of methoxy groups -OCH3 is 2. The molecule has 0 N–H and O–H groups in total. The van der Waals surface area contributed by atoms with E-state index in [1.54, 1.807) is 7.11 Å². The third kappa shape index (κ3) is 1.55. The summed E-state index contributed by atoms with van der Waals surface area (Å²) in [5, 5.41) is 0. The van der Waals surface area contributed by atoms with Crippen LogP contribution in [0, 0.1) is 17.8 Å². The standard InChI is InChI=1S/C20H26O3/c1-11-9-14-12-5-4-8-20(14)16-13(10-12)6-7-15(21-2)18(16)23-19(20)17(11)22-3/h6-7,11-12,14,17,19H,4-5,8-10H2,1-3H3. The predicted octanol–water partition coefficient (Wildman–Crippen LogP) is 3.72. The molecule has 23 heavy (non-hydrogen) atoms. The van der Waals surface area contributed by atoms with Crippen molar-refractivity contribution in [2.75, 3.05) is 14.2 Å². The minimum atomic E-state index is 0.161. The van der Waals surface area contributed by atoms with Gasteiger partial charge in [0.1, 0.15) is 6.10 Å². The Bertz CT molecular complexity index is 655. The highest BCUT2D eigenvalue weighted by atomic mass is 16.6. The van der Waals surface area contributed by atoms with Crippen LogP contribution in [-0.2, 0) is 16.6 Å². The fourth-order valence-electron chi connectivity index (χ4n) is 6.54. The van der Waals surface area contributed by atoms with Gasteiger partial charge in [-0.2, -0.15) is 0 Å². The van der Waals surface area contributed by atoms with Crippen LogP contribution in [0.2, 0.25) is 0 Å². The minimum Gasteiger partial charge on any atom is -0.493 e. The van der Waals surface area contributed by atoms with Gasteiger partial charge in [-0.05, 0) is 55.1 Å². The number of hydrogen-bond donors (Lipinski definition) is 0. The highest BCUT2D eigenvalue weighted by molar-refractivity contribution is 5.60. The molecule has 2 bridgehead atoms. The van der Waals surface area contributed by atoms with Crippen molar-refractivity contribution in [2.45, 2.75) is 56.7 Å². The first-order valence-electron chi connectivity index (χ1n) is 9.10. The van der Waals surface area contributed by atoms with Crippen molar-refractivity contribution in [1.82, 2.24) is 0 Å². The second-order valence-corrected chi connectivity index (χ2v) is 8.09. The first-order valence-corrected chi connectivity index (χ1v) is 9.10. The van der Waals surface area contributed by atoms with E-state index < -0.39 is 0 Å². The SMILES string of the molecule is COc1ccc2c3c1OC1C(OC)C(C)CC4C(CCCC341)C2. The smallest absolute Gasteiger partial charge is 0.165 e. The van der Waals surface area contributed by atoms with Crippen molar-refractivity contribution in [3.63, 3.8) is 0 Å². The van der Waals surface area contributed by atoms with Crippen LogP contribution in [0.15, 0.2) is 12.1 Å². The molecule has 3 nitrogen and oxygen atoms in total. The zero-order chi connectivity index (χ0) is 15.8. The molecule has 1 aromatic carbocycles. The van der Waals surface area contributed by atoms with Gasteiger partial charge in [-0.15, -0.1) is 0 Å². The van der Waals surface area contributed by atoms with E-state index in [2.05, 4.69) is 19.1 Å². The van der Waals surface area contributed by atoms with E-state index in [1.165, 1.54) is 43.2 Å². The van der Waals surface area contributed by atoms with E-state index in [0.717, 1.165) is 23.3 Å². The summed E-state index contributed by atoms with van der Waals surface area (Å²) in [6.45, 7) is 2.34. The van der Waals surface area contributed by atoms with Gasteiger partial charge >= 0.3 is 0 Å². The number of benzene rings is 1. The Hall–Kier alpha value is -1.22. The second-order valence-electron chi connectivity index (χ2n) is 8.09. The summed E-state index contributed by atoms with van der Waals surface area (Å²) in [6.07, 6.45) is 6.80. The van der Waals surface area contributed by atoms with Gasteiger partial charge in [-0.1, -0.05) is 19.4 Å². The van der Waals surface area contributed by atoms with Crippen molar-refractivity contribution < 1.29 is 14.2 Å². The molecule has 0 radical (unpaired) electrons. The number of ether oxygens (including phenoxy) is 3. The van der Waals surface area contributed by atoms with Crippen LogP contribution in [0.3, 0.4) is 0 Å². The van der Waals surface area contributed by atoms with Gasteiger partial charge in [0, 0.05) is 18.1 Å². The summed E-state index contributed by atoms with van der Waals surface area (Å²) in [5.41, 5.74) is 3.17. The van der Waals surface area contributed by atoms with E-state index in [9.17, 15) is 0 Å². The summed E-state index contributed by atoms with van der Waals surface area (Å²) < 4.78 is 18.2. The summed E-state index contributed by atoms with van der Waals surface area (Å²) in [5.74, 6) is 4.06. The zero-order valence-corrected chi connectivity index (χ0v) is 14.3. The van der Waals surface area contributed by atoms with Crippen molar-refractivity contribution >= 4 is 0 Å². The summed E-state index contributed by atoms with van der Waals surface area (Å²) in [4.78, 5) is 0. The second kappa shape index (κ2) is 4.66. The van der Waals surface area contributed by atoms with Crippen molar-refractivity contribution in [3.8, 4) is 11.5 Å². The van der Waals surface area contributed by atoms with Gasteiger partial charge in [0.05, 0.1) is 13.2 Å². The molecule has 6 unspecified atom stereocenters. The van der Waals surface area contributed by atoms with Crippen molar-refractivity contribution in [1.29, 1.82) is 0 Å². The average Bonchev–Trinajstić information content (AvgIpc) is 2.87. The fraction of sp³-hybridized carbons (Fsp3) is 0.700. The molecule has 3 heteroatoms. The van der Waals surface area contributed by atoms with Gasteiger partial charge in [0.15, 0.2) is 11.5 Å². The molecule has 0 amide bonds. The third-order valence-corrected chi connectivity index (χ3v) is 7.28. The molecule has 0 saturated heterocycles. The third-order valence-electron chi connectivity index (χ3n) is 7.28. The van der Waals surface area contributed by atoms with Gasteiger partial charge in [-0.3, -0.25) is 0 Å². The molecular formula is C20H26O3. The van der Waals surface area contributed by atoms with Crippen molar-refractivity contribution in [3.05, 3.63) is 23.3 Å². The molecule has 6 atom stereocenters. The van der Waals surface area contributed by atoms with Crippen LogP contribution in [0.5, 0.6) is 11.5 Å².